The second-order valence-corrected chi connectivity index (χ2v) is 8.37. The van der Waals surface area contributed by atoms with E-state index < -0.39 is 11.6 Å². The number of halogens is 2. The van der Waals surface area contributed by atoms with E-state index in [1.165, 1.54) is 30.5 Å². The van der Waals surface area contributed by atoms with Crippen LogP contribution >= 0.6 is 0 Å². The van der Waals surface area contributed by atoms with E-state index in [2.05, 4.69) is 40.5 Å². The number of piperidine rings is 1. The van der Waals surface area contributed by atoms with Gasteiger partial charge in [-0.05, 0) is 86.0 Å². The van der Waals surface area contributed by atoms with Crippen molar-refractivity contribution < 1.29 is 13.6 Å². The van der Waals surface area contributed by atoms with Crippen LogP contribution in [0.1, 0.15) is 36.0 Å². The molecule has 3 nitrogen and oxygen atoms in total. The van der Waals surface area contributed by atoms with Crippen molar-refractivity contribution in [2.75, 3.05) is 26.2 Å². The Balaban J connectivity index is 1.21. The molecule has 5 heteroatoms. The summed E-state index contributed by atoms with van der Waals surface area (Å²) in [6.45, 7) is 3.57. The zero-order valence-corrected chi connectivity index (χ0v) is 17.2. The van der Waals surface area contributed by atoms with Crippen LogP contribution in [0.15, 0.2) is 48.0 Å². The molecule has 0 radical (unpaired) electrons. The molecule has 30 heavy (non-hydrogen) atoms. The fourth-order valence-electron chi connectivity index (χ4n) is 4.47. The first-order valence-corrected chi connectivity index (χ1v) is 10.8. The third-order valence-corrected chi connectivity index (χ3v) is 6.26. The van der Waals surface area contributed by atoms with Gasteiger partial charge in [0.05, 0.1) is 0 Å². The van der Waals surface area contributed by atoms with Crippen LogP contribution in [0.5, 0.6) is 0 Å². The van der Waals surface area contributed by atoms with Crippen molar-refractivity contribution in [3.63, 3.8) is 0 Å². The van der Waals surface area contributed by atoms with Crippen molar-refractivity contribution in [2.45, 2.75) is 32.1 Å². The van der Waals surface area contributed by atoms with Crippen molar-refractivity contribution in [1.29, 1.82) is 0 Å². The fraction of sp³-hybridized carbons (Fsp3) is 0.400. The van der Waals surface area contributed by atoms with Gasteiger partial charge in [0.2, 0.25) is 5.91 Å². The van der Waals surface area contributed by atoms with E-state index in [1.807, 2.05) is 0 Å². The van der Waals surface area contributed by atoms with Gasteiger partial charge in [0, 0.05) is 18.7 Å². The zero-order valence-electron chi connectivity index (χ0n) is 17.2. The molecule has 2 aromatic rings. The third kappa shape index (κ3) is 5.14. The van der Waals surface area contributed by atoms with Gasteiger partial charge in [-0.15, -0.1) is 0 Å². The molecule has 2 aliphatic rings. The Kier molecular flexibility index (Phi) is 6.58. The van der Waals surface area contributed by atoms with Crippen LogP contribution in [0.2, 0.25) is 0 Å². The van der Waals surface area contributed by atoms with Gasteiger partial charge in [0.25, 0.3) is 0 Å². The maximum atomic E-state index is 13.5. The number of nitrogens with one attached hydrogen (secondary N) is 1. The van der Waals surface area contributed by atoms with Gasteiger partial charge in [-0.3, -0.25) is 4.79 Å². The van der Waals surface area contributed by atoms with E-state index in [0.717, 1.165) is 37.5 Å². The molecule has 1 saturated heterocycles. The number of aryl methyl sites for hydroxylation is 1. The SMILES string of the molecule is O=C(NCCN1CCC(Cc2ccccc2)CC1)C1=Cc2cc(F)c(F)cc2CC1. The number of nitrogens with zero attached hydrogens (tertiary/aromatic N) is 1. The molecule has 4 rings (SSSR count). The Morgan fingerprint density at radius 3 is 2.53 bits per heavy atom. The number of hydrogen-bond donors (Lipinski definition) is 1. The monoisotopic (exact) mass is 410 g/mol. The maximum absolute atomic E-state index is 13.5. The molecule has 1 aliphatic heterocycles. The number of benzene rings is 2. The summed E-state index contributed by atoms with van der Waals surface area (Å²) in [6.07, 6.45) is 6.31. The van der Waals surface area contributed by atoms with Gasteiger partial charge in [-0.2, -0.15) is 0 Å². The molecule has 0 bridgehead atoms. The summed E-state index contributed by atoms with van der Waals surface area (Å²) in [5.74, 6) is -1.08. The Bertz CT molecular complexity index is 918. The fourth-order valence-corrected chi connectivity index (χ4v) is 4.47. The standard InChI is InChI=1S/C25H28F2N2O/c26-23-16-20-6-7-21(15-22(20)17-24(23)27)25(30)28-10-13-29-11-8-19(9-12-29)14-18-4-2-1-3-5-18/h1-5,15-17,19H,6-14H2,(H,28,30). The molecule has 0 unspecified atom stereocenters. The predicted octanol–water partition coefficient (Wildman–Crippen LogP) is 4.37. The molecule has 1 amide bonds. The van der Waals surface area contributed by atoms with Crippen molar-refractivity contribution in [3.05, 3.63) is 76.4 Å². The molecule has 1 heterocycles. The van der Waals surface area contributed by atoms with Crippen molar-refractivity contribution >= 4 is 12.0 Å². The van der Waals surface area contributed by atoms with Crippen LogP contribution in [0, 0.1) is 17.6 Å². The van der Waals surface area contributed by atoms with Gasteiger partial charge in [0.15, 0.2) is 11.6 Å². The van der Waals surface area contributed by atoms with Gasteiger partial charge in [-0.25, -0.2) is 8.78 Å². The van der Waals surface area contributed by atoms with E-state index in [1.54, 1.807) is 6.08 Å². The highest BCUT2D eigenvalue weighted by Gasteiger charge is 2.21. The molecule has 0 spiro atoms. The van der Waals surface area contributed by atoms with Gasteiger partial charge in [0.1, 0.15) is 0 Å². The first-order chi connectivity index (χ1) is 14.6. The smallest absolute Gasteiger partial charge is 0.247 e. The Morgan fingerprint density at radius 2 is 1.77 bits per heavy atom. The quantitative estimate of drug-likeness (QED) is 0.767. The lowest BCUT2D eigenvalue weighted by Gasteiger charge is -2.32. The van der Waals surface area contributed by atoms with Crippen molar-refractivity contribution in [2.24, 2.45) is 5.92 Å². The number of hydrogen-bond acceptors (Lipinski definition) is 2. The average Bonchev–Trinajstić information content (AvgIpc) is 2.76. The van der Waals surface area contributed by atoms with Gasteiger partial charge in [-0.1, -0.05) is 30.3 Å². The van der Waals surface area contributed by atoms with E-state index in [-0.39, 0.29) is 5.91 Å². The molecule has 0 aromatic heterocycles. The highest BCUT2D eigenvalue weighted by molar-refractivity contribution is 5.98. The Labute approximate surface area is 176 Å². The molecule has 158 valence electrons. The zero-order chi connectivity index (χ0) is 20.9. The third-order valence-electron chi connectivity index (χ3n) is 6.26. The summed E-state index contributed by atoms with van der Waals surface area (Å²) in [5, 5.41) is 2.99. The number of carbonyl (C=O) groups is 1. The summed E-state index contributed by atoms with van der Waals surface area (Å²) in [4.78, 5) is 14.9. The number of fused-ring (bicyclic) bond motifs is 1. The van der Waals surface area contributed by atoms with Gasteiger partial charge < -0.3 is 10.2 Å². The van der Waals surface area contributed by atoms with Crippen molar-refractivity contribution in [1.82, 2.24) is 10.2 Å². The minimum Gasteiger partial charge on any atom is -0.351 e. The molecule has 2 aromatic carbocycles. The lowest BCUT2D eigenvalue weighted by Crippen LogP contribution is -2.40. The molecule has 1 N–H and O–H groups in total. The normalized spacial score (nSPS) is 17.3. The van der Waals surface area contributed by atoms with E-state index in [9.17, 15) is 13.6 Å². The summed E-state index contributed by atoms with van der Waals surface area (Å²) in [6, 6.07) is 13.1. The van der Waals surface area contributed by atoms with Crippen LogP contribution in [0.4, 0.5) is 8.78 Å². The second kappa shape index (κ2) is 9.52. The van der Waals surface area contributed by atoms with Crippen LogP contribution in [-0.2, 0) is 17.6 Å². The first kappa shape index (κ1) is 20.7. The first-order valence-electron chi connectivity index (χ1n) is 10.8. The number of likely N-dealkylation sites (tertiary alicyclic amines) is 1. The minimum atomic E-state index is -0.873. The Morgan fingerprint density at radius 1 is 1.03 bits per heavy atom. The lowest BCUT2D eigenvalue weighted by molar-refractivity contribution is -0.117. The predicted molar refractivity (Wildman–Crippen MR) is 115 cm³/mol. The highest BCUT2D eigenvalue weighted by atomic mass is 19.2. The topological polar surface area (TPSA) is 32.3 Å². The molecule has 1 fully saturated rings. The summed E-state index contributed by atoms with van der Waals surface area (Å²) in [7, 11) is 0. The number of carbonyl (C=O) groups excluding carboxylic acids is 1. The van der Waals surface area contributed by atoms with Crippen LogP contribution in [-0.4, -0.2) is 37.0 Å². The number of rotatable bonds is 6. The summed E-state index contributed by atoms with van der Waals surface area (Å²) < 4.78 is 26.8. The molecular weight excluding hydrogens is 382 g/mol. The van der Waals surface area contributed by atoms with Crippen LogP contribution < -0.4 is 5.32 Å². The maximum Gasteiger partial charge on any atom is 0.247 e. The molecule has 1 aliphatic carbocycles. The summed E-state index contributed by atoms with van der Waals surface area (Å²) >= 11 is 0. The van der Waals surface area contributed by atoms with E-state index in [4.69, 9.17) is 0 Å². The number of amides is 1. The second-order valence-electron chi connectivity index (χ2n) is 8.37. The largest absolute Gasteiger partial charge is 0.351 e. The molecular formula is C25H28F2N2O. The lowest BCUT2D eigenvalue weighted by atomic mass is 9.90. The summed E-state index contributed by atoms with van der Waals surface area (Å²) in [5.41, 5.74) is 3.40. The van der Waals surface area contributed by atoms with Crippen molar-refractivity contribution in [3.8, 4) is 0 Å². The van der Waals surface area contributed by atoms with Crippen LogP contribution in [0.25, 0.3) is 6.08 Å². The van der Waals surface area contributed by atoms with E-state index >= 15 is 0 Å². The van der Waals surface area contributed by atoms with E-state index in [0.29, 0.717) is 30.5 Å². The highest BCUT2D eigenvalue weighted by Crippen LogP contribution is 2.26. The Hall–Kier alpha value is -2.53. The average molecular weight is 411 g/mol. The van der Waals surface area contributed by atoms with Gasteiger partial charge >= 0.3 is 0 Å². The molecule has 0 atom stereocenters. The minimum absolute atomic E-state index is 0.107. The molecule has 0 saturated carbocycles. The van der Waals surface area contributed by atoms with Crippen LogP contribution in [0.3, 0.4) is 0 Å².